The first-order chi connectivity index (χ1) is 12.6. The number of methoxy groups -OCH3 is 2. The fourth-order valence-corrected chi connectivity index (χ4v) is 3.43. The monoisotopic (exact) mass is 362 g/mol. The van der Waals surface area contributed by atoms with Gasteiger partial charge in [-0.15, -0.1) is 0 Å². The largest absolute Gasteiger partial charge is 0.465 e. The van der Waals surface area contributed by atoms with Gasteiger partial charge in [0.1, 0.15) is 12.2 Å². The predicted molar refractivity (Wildman–Crippen MR) is 84.6 cm³/mol. The minimum atomic E-state index is -0.915. The molecule has 0 radical (unpaired) electrons. The van der Waals surface area contributed by atoms with E-state index in [0.717, 1.165) is 5.56 Å². The van der Waals surface area contributed by atoms with Gasteiger partial charge >= 0.3 is 11.9 Å². The molecule has 3 aliphatic rings. The lowest BCUT2D eigenvalue weighted by molar-refractivity contribution is -0.316. The van der Waals surface area contributed by atoms with Crippen LogP contribution in [0.2, 0.25) is 0 Å². The first-order valence-corrected chi connectivity index (χ1v) is 8.17. The molecule has 3 aliphatic heterocycles. The zero-order valence-corrected chi connectivity index (χ0v) is 14.2. The van der Waals surface area contributed by atoms with Crippen LogP contribution >= 0.6 is 0 Å². The molecule has 0 bridgehead atoms. The van der Waals surface area contributed by atoms with E-state index in [2.05, 4.69) is 0 Å². The second-order valence-electron chi connectivity index (χ2n) is 6.07. The second kappa shape index (κ2) is 6.81. The molecule has 4 rings (SSSR count). The highest BCUT2D eigenvalue weighted by atomic mass is 16.7. The molecule has 8 heteroatoms. The molecule has 8 nitrogen and oxygen atoms in total. The van der Waals surface area contributed by atoms with E-state index < -0.39 is 42.8 Å². The van der Waals surface area contributed by atoms with Gasteiger partial charge in [-0.3, -0.25) is 0 Å². The van der Waals surface area contributed by atoms with Crippen LogP contribution in [-0.2, 0) is 38.0 Å². The van der Waals surface area contributed by atoms with Gasteiger partial charge in [-0.05, 0) is 0 Å². The summed E-state index contributed by atoms with van der Waals surface area (Å²) in [5.74, 6) is -1.56. The molecule has 2 saturated heterocycles. The molecular weight excluding hydrogens is 344 g/mol. The average molecular weight is 362 g/mol. The van der Waals surface area contributed by atoms with Crippen LogP contribution in [-0.4, -0.2) is 57.4 Å². The minimum absolute atomic E-state index is 0.200. The maximum atomic E-state index is 12.2. The second-order valence-corrected chi connectivity index (χ2v) is 6.07. The Kier molecular flexibility index (Phi) is 4.49. The Hall–Kier alpha value is -2.26. The maximum absolute atomic E-state index is 12.2. The molecule has 0 N–H and O–H groups in total. The minimum Gasteiger partial charge on any atom is -0.465 e. The van der Waals surface area contributed by atoms with Crippen LogP contribution in [0.15, 0.2) is 41.5 Å². The topological polar surface area (TPSA) is 89.5 Å². The smallest absolute Gasteiger partial charge is 0.346 e. The molecule has 0 unspecified atom stereocenters. The van der Waals surface area contributed by atoms with Crippen LogP contribution < -0.4 is 0 Å². The fraction of sp³-hybridized carbons (Fsp3) is 0.444. The Balaban J connectivity index is 1.67. The standard InChI is InChI=1S/C18H18O8/c1-21-15(19)12-11-14(25-16(12)20)13-10(24-18(11)22-2)8-23-17(26-13)9-6-4-3-5-7-9/h3-7,10,13-14,17-18H,8H2,1-2H3/t10-,13-,14+,17-,18+/m1/s1. The number of fused-ring (bicyclic) bond motifs is 3. The van der Waals surface area contributed by atoms with Crippen LogP contribution in [0.5, 0.6) is 0 Å². The molecule has 0 aromatic heterocycles. The summed E-state index contributed by atoms with van der Waals surface area (Å²) < 4.78 is 33.1. The van der Waals surface area contributed by atoms with E-state index in [1.54, 1.807) is 0 Å². The summed E-state index contributed by atoms with van der Waals surface area (Å²) in [5, 5.41) is 0. The summed E-state index contributed by atoms with van der Waals surface area (Å²) in [4.78, 5) is 24.3. The van der Waals surface area contributed by atoms with Gasteiger partial charge < -0.3 is 28.4 Å². The van der Waals surface area contributed by atoms with Crippen molar-refractivity contribution in [2.75, 3.05) is 20.8 Å². The van der Waals surface area contributed by atoms with Crippen LogP contribution in [0.25, 0.3) is 0 Å². The van der Waals surface area contributed by atoms with Gasteiger partial charge in [0, 0.05) is 12.7 Å². The van der Waals surface area contributed by atoms with Crippen LogP contribution in [0, 0.1) is 0 Å². The lowest BCUT2D eigenvalue weighted by atomic mass is 9.93. The Morgan fingerprint density at radius 2 is 1.92 bits per heavy atom. The number of esters is 2. The van der Waals surface area contributed by atoms with E-state index >= 15 is 0 Å². The zero-order valence-electron chi connectivity index (χ0n) is 14.2. The van der Waals surface area contributed by atoms with Crippen molar-refractivity contribution in [1.82, 2.24) is 0 Å². The Labute approximate surface area is 149 Å². The SMILES string of the molecule is COC(=O)C1=C2[C@@H](OC)O[C@@H]3CO[C@@H](c4ccccc4)O[C@H]3[C@H]2OC1=O. The number of benzene rings is 1. The van der Waals surface area contributed by atoms with E-state index in [-0.39, 0.29) is 12.2 Å². The number of carbonyl (C=O) groups is 2. The van der Waals surface area contributed by atoms with E-state index in [9.17, 15) is 9.59 Å². The first-order valence-electron chi connectivity index (χ1n) is 8.17. The van der Waals surface area contributed by atoms with Gasteiger partial charge in [-0.25, -0.2) is 9.59 Å². The van der Waals surface area contributed by atoms with Crippen LogP contribution in [0.4, 0.5) is 0 Å². The summed E-state index contributed by atoms with van der Waals surface area (Å²) in [6, 6.07) is 9.41. The number of rotatable bonds is 3. The molecule has 26 heavy (non-hydrogen) atoms. The predicted octanol–water partition coefficient (Wildman–Crippen LogP) is 0.867. The van der Waals surface area contributed by atoms with E-state index in [1.165, 1.54) is 14.2 Å². The molecule has 1 aromatic rings. The zero-order chi connectivity index (χ0) is 18.3. The number of hydrogen-bond donors (Lipinski definition) is 0. The number of hydrogen-bond acceptors (Lipinski definition) is 8. The van der Waals surface area contributed by atoms with E-state index in [1.807, 2.05) is 30.3 Å². The van der Waals surface area contributed by atoms with Crippen molar-refractivity contribution in [3.05, 3.63) is 47.0 Å². The van der Waals surface area contributed by atoms with Gasteiger partial charge in [-0.2, -0.15) is 0 Å². The Bertz CT molecular complexity index is 743. The number of carbonyl (C=O) groups excluding carboxylic acids is 2. The Morgan fingerprint density at radius 3 is 2.62 bits per heavy atom. The lowest BCUT2D eigenvalue weighted by Crippen LogP contribution is -2.56. The lowest BCUT2D eigenvalue weighted by Gasteiger charge is -2.44. The molecule has 138 valence electrons. The van der Waals surface area contributed by atoms with Gasteiger partial charge in [0.2, 0.25) is 0 Å². The third-order valence-corrected chi connectivity index (χ3v) is 4.62. The average Bonchev–Trinajstić information content (AvgIpc) is 3.04. The van der Waals surface area contributed by atoms with Gasteiger partial charge in [0.15, 0.2) is 24.3 Å². The van der Waals surface area contributed by atoms with Crippen LogP contribution in [0.1, 0.15) is 11.9 Å². The van der Waals surface area contributed by atoms with Crippen molar-refractivity contribution < 1.29 is 38.0 Å². The molecule has 0 spiro atoms. The molecule has 3 heterocycles. The summed E-state index contributed by atoms with van der Waals surface area (Å²) in [7, 11) is 2.62. The summed E-state index contributed by atoms with van der Waals surface area (Å²) in [6.45, 7) is 0.235. The van der Waals surface area contributed by atoms with Crippen molar-refractivity contribution in [3.63, 3.8) is 0 Å². The highest BCUT2D eigenvalue weighted by Gasteiger charge is 2.55. The highest BCUT2D eigenvalue weighted by molar-refractivity contribution is 6.16. The quantitative estimate of drug-likeness (QED) is 0.578. The van der Waals surface area contributed by atoms with Crippen molar-refractivity contribution >= 4 is 11.9 Å². The Morgan fingerprint density at radius 1 is 1.15 bits per heavy atom. The maximum Gasteiger partial charge on any atom is 0.346 e. The molecule has 0 saturated carbocycles. The summed E-state index contributed by atoms with van der Waals surface area (Å²) in [5.41, 5.74) is 0.927. The normalized spacial score (nSPS) is 33.3. The third-order valence-electron chi connectivity index (χ3n) is 4.62. The molecule has 1 aromatic carbocycles. The summed E-state index contributed by atoms with van der Waals surface area (Å²) in [6.07, 6.45) is -3.46. The fourth-order valence-electron chi connectivity index (χ4n) is 3.43. The molecular formula is C18H18O8. The molecule has 5 atom stereocenters. The summed E-state index contributed by atoms with van der Waals surface area (Å²) >= 11 is 0. The molecule has 0 aliphatic carbocycles. The molecule has 2 fully saturated rings. The van der Waals surface area contributed by atoms with Gasteiger partial charge in [-0.1, -0.05) is 30.3 Å². The van der Waals surface area contributed by atoms with Crippen molar-refractivity contribution in [1.29, 1.82) is 0 Å². The van der Waals surface area contributed by atoms with Gasteiger partial charge in [0.25, 0.3) is 0 Å². The van der Waals surface area contributed by atoms with Crippen molar-refractivity contribution in [2.45, 2.75) is 30.9 Å². The third kappa shape index (κ3) is 2.71. The van der Waals surface area contributed by atoms with Crippen molar-refractivity contribution in [3.8, 4) is 0 Å². The number of ether oxygens (including phenoxy) is 6. The van der Waals surface area contributed by atoms with E-state index in [4.69, 9.17) is 28.4 Å². The molecule has 0 amide bonds. The van der Waals surface area contributed by atoms with Gasteiger partial charge in [0.05, 0.1) is 19.3 Å². The van der Waals surface area contributed by atoms with E-state index in [0.29, 0.717) is 5.57 Å². The van der Waals surface area contributed by atoms with Crippen LogP contribution in [0.3, 0.4) is 0 Å². The van der Waals surface area contributed by atoms with Crippen molar-refractivity contribution in [2.24, 2.45) is 0 Å². The highest BCUT2D eigenvalue weighted by Crippen LogP contribution is 2.41. The first kappa shape index (κ1) is 17.2.